The third-order valence-corrected chi connectivity index (χ3v) is 12.8. The lowest BCUT2D eigenvalue weighted by atomic mass is 10.1. The summed E-state index contributed by atoms with van der Waals surface area (Å²) in [6, 6.07) is 28.0. The first kappa shape index (κ1) is 31.7. The minimum atomic E-state index is -2.43. The Labute approximate surface area is 301 Å². The van der Waals surface area contributed by atoms with Gasteiger partial charge in [-0.3, -0.25) is 0 Å². The highest BCUT2D eigenvalue weighted by molar-refractivity contribution is 6.77. The molecule has 0 fully saturated rings. The number of nitrogens with zero attached hydrogens (tertiary/aromatic N) is 6. The van der Waals surface area contributed by atoms with Crippen LogP contribution in [0.25, 0.3) is 89.7 Å². The Kier molecular flexibility index (Phi) is 7.11. The van der Waals surface area contributed by atoms with Gasteiger partial charge in [0.25, 0.3) is 16.6 Å². The summed E-state index contributed by atoms with van der Waals surface area (Å²) in [5.74, 6) is 3.32. The fourth-order valence-electron chi connectivity index (χ4n) is 6.49. The van der Waals surface area contributed by atoms with Gasteiger partial charge < -0.3 is 18.8 Å². The van der Waals surface area contributed by atoms with Crippen molar-refractivity contribution in [2.24, 2.45) is 0 Å². The Morgan fingerprint density at radius 1 is 0.481 bits per heavy atom. The number of fused-ring (bicyclic) bond motifs is 20. The smallest absolute Gasteiger partial charge is 0.269 e. The molecule has 0 aliphatic carbocycles. The molecule has 0 saturated heterocycles. The molecule has 7 aromatic rings. The number of hydrogen-bond donors (Lipinski definition) is 2. The first-order valence-corrected chi connectivity index (χ1v) is 23.0. The summed E-state index contributed by atoms with van der Waals surface area (Å²) in [6.45, 7) is 16.5. The van der Waals surface area contributed by atoms with E-state index in [1.165, 1.54) is 0 Å². The lowest BCUT2D eigenvalue weighted by Gasteiger charge is -2.27. The Balaban J connectivity index is 1.47. The van der Waals surface area contributed by atoms with Gasteiger partial charge in [-0.2, -0.15) is 0 Å². The number of rotatable bonds is 6. The quantitative estimate of drug-likeness (QED) is 0.163. The van der Waals surface area contributed by atoms with Gasteiger partial charge in [-0.1, -0.05) is 84.2 Å². The topological polar surface area (TPSA) is 127 Å². The van der Waals surface area contributed by atoms with Crippen LogP contribution in [0.4, 0.5) is 0 Å². The van der Waals surface area contributed by atoms with Crippen molar-refractivity contribution < 1.29 is 8.85 Å². The van der Waals surface area contributed by atoms with Crippen LogP contribution < -0.4 is 8.85 Å². The summed E-state index contributed by atoms with van der Waals surface area (Å²) in [5, 5.41) is 3.37. The SMILES string of the molecule is C=C[Si](C)(C)Oc1ccc2c3nc4nc(nc5[nH]c(nc6nc(nc([nH]3)c2c1O[Si](C)(C)C=C)-c1ccccc1-6)c1ccccc51)-c1ccccc1-4. The first-order valence-electron chi connectivity index (χ1n) is 17.0. The van der Waals surface area contributed by atoms with Crippen molar-refractivity contribution in [3.63, 3.8) is 0 Å². The Morgan fingerprint density at radius 2 is 0.885 bits per heavy atom. The minimum absolute atomic E-state index is 0.509. The average Bonchev–Trinajstić information content (AvgIpc) is 3.88. The maximum Gasteiger partial charge on any atom is 0.269 e. The van der Waals surface area contributed by atoms with Gasteiger partial charge in [-0.05, 0) is 38.3 Å². The molecule has 5 heterocycles. The lowest BCUT2D eigenvalue weighted by Crippen LogP contribution is -2.34. The molecule has 52 heavy (non-hydrogen) atoms. The molecule has 2 N–H and O–H groups in total. The maximum atomic E-state index is 6.90. The van der Waals surface area contributed by atoms with Crippen LogP contribution in [-0.4, -0.2) is 56.5 Å². The summed E-state index contributed by atoms with van der Waals surface area (Å²) in [7, 11) is -4.74. The van der Waals surface area contributed by atoms with Gasteiger partial charge in [0.1, 0.15) is 28.3 Å². The highest BCUT2D eigenvalue weighted by Crippen LogP contribution is 2.43. The van der Waals surface area contributed by atoms with Crippen molar-refractivity contribution in [3.05, 3.63) is 109 Å². The summed E-state index contributed by atoms with van der Waals surface area (Å²) in [4.78, 5) is 37.7. The number of aromatic amines is 2. The zero-order valence-electron chi connectivity index (χ0n) is 29.2. The van der Waals surface area contributed by atoms with Gasteiger partial charge in [0.2, 0.25) is 0 Å². The fourth-order valence-corrected chi connectivity index (χ4v) is 8.12. The van der Waals surface area contributed by atoms with E-state index in [2.05, 4.69) is 49.3 Å². The highest BCUT2D eigenvalue weighted by atomic mass is 28.4. The Morgan fingerprint density at radius 3 is 1.37 bits per heavy atom. The molecule has 0 amide bonds. The molecule has 12 heteroatoms. The summed E-state index contributed by atoms with van der Waals surface area (Å²) in [6.07, 6.45) is 0. The average molecular weight is 715 g/mol. The van der Waals surface area contributed by atoms with Gasteiger partial charge in [0, 0.05) is 38.4 Å². The van der Waals surface area contributed by atoms with Crippen molar-refractivity contribution in [1.29, 1.82) is 0 Å². The van der Waals surface area contributed by atoms with E-state index in [9.17, 15) is 0 Å². The minimum Gasteiger partial charge on any atom is -0.538 e. The van der Waals surface area contributed by atoms with Crippen molar-refractivity contribution in [2.45, 2.75) is 26.2 Å². The van der Waals surface area contributed by atoms with Gasteiger partial charge in [-0.25, -0.2) is 29.9 Å². The van der Waals surface area contributed by atoms with Gasteiger partial charge in [0.05, 0.1) is 5.39 Å². The van der Waals surface area contributed by atoms with Crippen molar-refractivity contribution in [3.8, 4) is 57.1 Å². The molecule has 8 bridgehead atoms. The predicted octanol–water partition coefficient (Wildman–Crippen LogP) is 9.49. The number of hydrogen-bond acceptors (Lipinski definition) is 8. The summed E-state index contributed by atoms with van der Waals surface area (Å²) >= 11 is 0. The molecule has 4 aromatic carbocycles. The van der Waals surface area contributed by atoms with Gasteiger partial charge in [-0.15, -0.1) is 13.2 Å². The molecule has 0 saturated carbocycles. The molecule has 0 atom stereocenters. The van der Waals surface area contributed by atoms with Crippen LogP contribution in [0, 0.1) is 0 Å². The van der Waals surface area contributed by atoms with Crippen molar-refractivity contribution in [2.75, 3.05) is 0 Å². The van der Waals surface area contributed by atoms with E-state index in [0.29, 0.717) is 57.4 Å². The summed E-state index contributed by atoms with van der Waals surface area (Å²) in [5.41, 5.74) is 9.68. The van der Waals surface area contributed by atoms with E-state index >= 15 is 0 Å². The molecule has 10 nitrogen and oxygen atoms in total. The second kappa shape index (κ2) is 11.7. The molecular formula is C40H34N8O2Si2. The normalized spacial score (nSPS) is 12.4. The monoisotopic (exact) mass is 714 g/mol. The third-order valence-electron chi connectivity index (χ3n) is 9.36. The van der Waals surface area contributed by atoms with Crippen molar-refractivity contribution >= 4 is 60.8 Å². The van der Waals surface area contributed by atoms with Crippen LogP contribution in [0.5, 0.6) is 11.5 Å². The molecule has 2 aliphatic rings. The summed E-state index contributed by atoms with van der Waals surface area (Å²) < 4.78 is 13.6. The van der Waals surface area contributed by atoms with E-state index < -0.39 is 16.6 Å². The van der Waals surface area contributed by atoms with Crippen LogP contribution in [0.1, 0.15) is 0 Å². The second-order valence-corrected chi connectivity index (χ2v) is 21.5. The van der Waals surface area contributed by atoms with Crippen LogP contribution in [-0.2, 0) is 0 Å². The molecule has 254 valence electrons. The van der Waals surface area contributed by atoms with Crippen LogP contribution in [0.3, 0.4) is 0 Å². The largest absolute Gasteiger partial charge is 0.538 e. The molecule has 3 aromatic heterocycles. The standard InChI is InChI=1S/C40H34N8O2Si2/c1-7-51(3,4)49-30-22-21-29-31(32(30)50-52(5,6)8-2)40-47-38-28-20-14-13-19-27(28)36(45-38)43-34-24-16-10-9-15-23(24)33(41-34)42-35-25-17-11-12-18-26(25)37(44-35)46-39(29)48-40/h7-22H,1-2H2,3-6H3,(H2,41,42,43,44,45,46,47,48). The maximum absolute atomic E-state index is 6.90. The van der Waals surface area contributed by atoms with E-state index in [4.69, 9.17) is 38.8 Å². The number of H-pyrrole nitrogens is 2. The van der Waals surface area contributed by atoms with Crippen LogP contribution in [0.2, 0.25) is 26.2 Å². The van der Waals surface area contributed by atoms with Crippen molar-refractivity contribution in [1.82, 2.24) is 39.9 Å². The fraction of sp³-hybridized carbons (Fsp3) is 0.100. The van der Waals surface area contributed by atoms with Crippen LogP contribution in [0.15, 0.2) is 109 Å². The van der Waals surface area contributed by atoms with E-state index in [1.807, 2.05) is 96.3 Å². The lowest BCUT2D eigenvalue weighted by molar-refractivity contribution is 0.499. The number of aromatic nitrogens is 8. The Hall–Kier alpha value is -6.25. The molecule has 0 radical (unpaired) electrons. The van der Waals surface area contributed by atoms with E-state index in [0.717, 1.165) is 43.8 Å². The highest BCUT2D eigenvalue weighted by Gasteiger charge is 2.29. The zero-order valence-corrected chi connectivity index (χ0v) is 31.2. The predicted molar refractivity (Wildman–Crippen MR) is 213 cm³/mol. The second-order valence-electron chi connectivity index (χ2n) is 13.9. The van der Waals surface area contributed by atoms with E-state index in [1.54, 1.807) is 0 Å². The molecule has 0 spiro atoms. The molecule has 2 aliphatic heterocycles. The van der Waals surface area contributed by atoms with Gasteiger partial charge >= 0.3 is 0 Å². The molecule has 0 unspecified atom stereocenters. The number of nitrogens with one attached hydrogen (secondary N) is 2. The van der Waals surface area contributed by atoms with Crippen LogP contribution >= 0.6 is 0 Å². The zero-order chi connectivity index (χ0) is 35.8. The molecular weight excluding hydrogens is 681 g/mol. The Bertz CT molecular complexity index is 2820. The van der Waals surface area contributed by atoms with Gasteiger partial charge in [0.15, 0.2) is 29.0 Å². The number of benzene rings is 4. The molecule has 9 rings (SSSR count). The third kappa shape index (κ3) is 5.22. The first-order chi connectivity index (χ1) is 25.1. The van der Waals surface area contributed by atoms with E-state index in [-0.39, 0.29) is 0 Å².